The SMILES string of the molecule is Nc1ccc(C(F)(F)F)nc1-c1ccc(O)cc1. The summed E-state index contributed by atoms with van der Waals surface area (Å²) in [6, 6.07) is 7.62. The van der Waals surface area contributed by atoms with Crippen LogP contribution in [0.3, 0.4) is 0 Å². The van der Waals surface area contributed by atoms with Crippen LogP contribution in [0.15, 0.2) is 36.4 Å². The standard InChI is InChI=1S/C12H9F3N2O/c13-12(14,15)10-6-5-9(16)11(17-10)7-1-3-8(18)4-2-7/h1-6,18H,16H2. The monoisotopic (exact) mass is 254 g/mol. The summed E-state index contributed by atoms with van der Waals surface area (Å²) in [6.45, 7) is 0. The van der Waals surface area contributed by atoms with Gasteiger partial charge in [-0.1, -0.05) is 0 Å². The number of anilines is 1. The number of benzene rings is 1. The molecule has 0 spiro atoms. The van der Waals surface area contributed by atoms with Gasteiger partial charge in [0.15, 0.2) is 0 Å². The van der Waals surface area contributed by atoms with Crippen LogP contribution in [0, 0.1) is 0 Å². The zero-order chi connectivity index (χ0) is 13.3. The lowest BCUT2D eigenvalue weighted by Crippen LogP contribution is -2.09. The van der Waals surface area contributed by atoms with Crippen molar-refractivity contribution >= 4 is 5.69 Å². The van der Waals surface area contributed by atoms with Gasteiger partial charge in [0.1, 0.15) is 11.4 Å². The van der Waals surface area contributed by atoms with Crippen LogP contribution in [-0.4, -0.2) is 10.1 Å². The molecule has 3 nitrogen and oxygen atoms in total. The minimum atomic E-state index is -4.51. The average Bonchev–Trinajstić information content (AvgIpc) is 2.29. The van der Waals surface area contributed by atoms with Crippen molar-refractivity contribution in [1.82, 2.24) is 4.98 Å². The van der Waals surface area contributed by atoms with E-state index in [4.69, 9.17) is 10.8 Å². The molecule has 3 N–H and O–H groups in total. The lowest BCUT2D eigenvalue weighted by molar-refractivity contribution is -0.141. The highest BCUT2D eigenvalue weighted by Crippen LogP contribution is 2.32. The van der Waals surface area contributed by atoms with E-state index in [1.807, 2.05) is 0 Å². The molecule has 0 saturated carbocycles. The molecular formula is C12H9F3N2O. The Kier molecular flexibility index (Phi) is 2.86. The van der Waals surface area contributed by atoms with E-state index in [0.717, 1.165) is 12.1 Å². The van der Waals surface area contributed by atoms with Crippen LogP contribution in [0.4, 0.5) is 18.9 Å². The summed E-state index contributed by atoms with van der Waals surface area (Å²) in [5, 5.41) is 9.13. The number of aromatic nitrogens is 1. The van der Waals surface area contributed by atoms with E-state index in [1.165, 1.54) is 24.3 Å². The fourth-order valence-electron chi connectivity index (χ4n) is 1.48. The maximum Gasteiger partial charge on any atom is 0.433 e. The number of rotatable bonds is 1. The van der Waals surface area contributed by atoms with Crippen LogP contribution in [0.25, 0.3) is 11.3 Å². The number of aromatic hydroxyl groups is 1. The average molecular weight is 254 g/mol. The summed E-state index contributed by atoms with van der Waals surface area (Å²) in [5.41, 5.74) is 5.22. The quantitative estimate of drug-likeness (QED) is 0.822. The minimum Gasteiger partial charge on any atom is -0.508 e. The molecule has 0 amide bonds. The number of nitrogens with two attached hydrogens (primary N) is 1. The van der Waals surface area contributed by atoms with Crippen molar-refractivity contribution in [3.63, 3.8) is 0 Å². The van der Waals surface area contributed by atoms with Crippen LogP contribution in [0.1, 0.15) is 5.69 Å². The van der Waals surface area contributed by atoms with Gasteiger partial charge in [0, 0.05) is 5.56 Å². The molecule has 0 aliphatic carbocycles. The van der Waals surface area contributed by atoms with Gasteiger partial charge in [-0.15, -0.1) is 0 Å². The molecule has 2 rings (SSSR count). The second kappa shape index (κ2) is 4.21. The number of halogens is 3. The fourth-order valence-corrected chi connectivity index (χ4v) is 1.48. The number of nitrogen functional groups attached to an aromatic ring is 1. The highest BCUT2D eigenvalue weighted by Gasteiger charge is 2.32. The van der Waals surface area contributed by atoms with Gasteiger partial charge in [-0.3, -0.25) is 0 Å². The number of hydrogen-bond acceptors (Lipinski definition) is 3. The molecule has 0 atom stereocenters. The lowest BCUT2D eigenvalue weighted by Gasteiger charge is -2.10. The van der Waals surface area contributed by atoms with Gasteiger partial charge in [-0.2, -0.15) is 13.2 Å². The van der Waals surface area contributed by atoms with Gasteiger partial charge < -0.3 is 10.8 Å². The van der Waals surface area contributed by atoms with E-state index in [9.17, 15) is 13.2 Å². The third-order valence-electron chi connectivity index (χ3n) is 2.36. The zero-order valence-corrected chi connectivity index (χ0v) is 9.07. The Labute approximate surface area is 101 Å². The topological polar surface area (TPSA) is 59.1 Å². The Bertz CT molecular complexity index is 565. The van der Waals surface area contributed by atoms with E-state index >= 15 is 0 Å². The first-order valence-corrected chi connectivity index (χ1v) is 5.01. The molecule has 1 heterocycles. The molecule has 0 bridgehead atoms. The Balaban J connectivity index is 2.53. The normalized spacial score (nSPS) is 11.5. The van der Waals surface area contributed by atoms with Crippen molar-refractivity contribution in [2.24, 2.45) is 0 Å². The van der Waals surface area contributed by atoms with Gasteiger partial charge in [0.05, 0.1) is 11.4 Å². The Morgan fingerprint density at radius 2 is 1.61 bits per heavy atom. The molecule has 6 heteroatoms. The number of alkyl halides is 3. The van der Waals surface area contributed by atoms with Crippen molar-refractivity contribution in [2.75, 3.05) is 5.73 Å². The van der Waals surface area contributed by atoms with Gasteiger partial charge >= 0.3 is 6.18 Å². The van der Waals surface area contributed by atoms with E-state index in [-0.39, 0.29) is 17.1 Å². The highest BCUT2D eigenvalue weighted by molar-refractivity contribution is 5.72. The summed E-state index contributed by atoms with van der Waals surface area (Å²) in [7, 11) is 0. The summed E-state index contributed by atoms with van der Waals surface area (Å²) in [6.07, 6.45) is -4.51. The van der Waals surface area contributed by atoms with Gasteiger partial charge in [-0.05, 0) is 36.4 Å². The summed E-state index contributed by atoms with van der Waals surface area (Å²) in [5.74, 6) is 0.0179. The van der Waals surface area contributed by atoms with Crippen LogP contribution >= 0.6 is 0 Å². The van der Waals surface area contributed by atoms with Crippen molar-refractivity contribution in [3.05, 3.63) is 42.1 Å². The number of hydrogen-bond donors (Lipinski definition) is 2. The van der Waals surface area contributed by atoms with Crippen LogP contribution in [0.5, 0.6) is 5.75 Å². The number of pyridine rings is 1. The first-order valence-electron chi connectivity index (χ1n) is 5.01. The molecule has 0 fully saturated rings. The van der Waals surface area contributed by atoms with Crippen LogP contribution in [0.2, 0.25) is 0 Å². The number of phenolic OH excluding ortho intramolecular Hbond substituents is 1. The molecule has 1 aromatic heterocycles. The molecule has 0 aliphatic rings. The Morgan fingerprint density at radius 3 is 2.17 bits per heavy atom. The molecule has 0 unspecified atom stereocenters. The maximum absolute atomic E-state index is 12.5. The molecule has 2 aromatic rings. The molecule has 0 saturated heterocycles. The van der Waals surface area contributed by atoms with E-state index in [0.29, 0.717) is 5.56 Å². The number of nitrogens with zero attached hydrogens (tertiary/aromatic N) is 1. The molecular weight excluding hydrogens is 245 g/mol. The van der Waals surface area contributed by atoms with Gasteiger partial charge in [-0.25, -0.2) is 4.98 Å². The first kappa shape index (κ1) is 12.2. The molecule has 94 valence electrons. The maximum atomic E-state index is 12.5. The van der Waals surface area contributed by atoms with E-state index in [2.05, 4.69) is 4.98 Å². The highest BCUT2D eigenvalue weighted by atomic mass is 19.4. The van der Waals surface area contributed by atoms with E-state index < -0.39 is 11.9 Å². The second-order valence-corrected chi connectivity index (χ2v) is 3.68. The van der Waals surface area contributed by atoms with Crippen molar-refractivity contribution in [2.45, 2.75) is 6.18 Å². The third kappa shape index (κ3) is 2.37. The smallest absolute Gasteiger partial charge is 0.433 e. The van der Waals surface area contributed by atoms with Gasteiger partial charge in [0.25, 0.3) is 0 Å². The second-order valence-electron chi connectivity index (χ2n) is 3.68. The zero-order valence-electron chi connectivity index (χ0n) is 9.07. The molecule has 0 radical (unpaired) electrons. The summed E-state index contributed by atoms with van der Waals surface area (Å²) in [4.78, 5) is 3.51. The Hall–Kier alpha value is -2.24. The summed E-state index contributed by atoms with van der Waals surface area (Å²) < 4.78 is 37.6. The fraction of sp³-hybridized carbons (Fsp3) is 0.0833. The third-order valence-corrected chi connectivity index (χ3v) is 2.36. The molecule has 18 heavy (non-hydrogen) atoms. The first-order chi connectivity index (χ1) is 8.38. The lowest BCUT2D eigenvalue weighted by atomic mass is 10.1. The summed E-state index contributed by atoms with van der Waals surface area (Å²) >= 11 is 0. The van der Waals surface area contributed by atoms with Crippen molar-refractivity contribution in [3.8, 4) is 17.0 Å². The van der Waals surface area contributed by atoms with Gasteiger partial charge in [0.2, 0.25) is 0 Å². The largest absolute Gasteiger partial charge is 0.508 e. The van der Waals surface area contributed by atoms with Crippen molar-refractivity contribution in [1.29, 1.82) is 0 Å². The molecule has 1 aromatic carbocycles. The van der Waals surface area contributed by atoms with Crippen LogP contribution in [-0.2, 0) is 6.18 Å². The molecule has 0 aliphatic heterocycles. The predicted molar refractivity (Wildman–Crippen MR) is 60.8 cm³/mol. The van der Waals surface area contributed by atoms with E-state index in [1.54, 1.807) is 0 Å². The minimum absolute atomic E-state index is 0.0179. The number of phenols is 1. The Morgan fingerprint density at radius 1 is 1.00 bits per heavy atom. The van der Waals surface area contributed by atoms with Crippen LogP contribution < -0.4 is 5.73 Å². The van der Waals surface area contributed by atoms with Crippen molar-refractivity contribution < 1.29 is 18.3 Å². The predicted octanol–water partition coefficient (Wildman–Crippen LogP) is 3.06.